The molecule has 1 atom stereocenters. The molecule has 0 saturated heterocycles. The first-order valence-corrected chi connectivity index (χ1v) is 13.8. The molecule has 0 spiro atoms. The lowest BCUT2D eigenvalue weighted by Crippen LogP contribution is -2.28. The van der Waals surface area contributed by atoms with E-state index in [-0.39, 0.29) is 29.8 Å². The van der Waals surface area contributed by atoms with Crippen LogP contribution in [0.15, 0.2) is 76.3 Å². The summed E-state index contributed by atoms with van der Waals surface area (Å²) in [5.41, 5.74) is 3.06. The summed E-state index contributed by atoms with van der Waals surface area (Å²) in [7, 11) is 1.76. The van der Waals surface area contributed by atoms with Crippen molar-refractivity contribution < 1.29 is 14.0 Å². The zero-order chi connectivity index (χ0) is 26.6. The Kier molecular flexibility index (Phi) is 7.66. The number of halogens is 1. The molecule has 1 aliphatic heterocycles. The largest absolute Gasteiger partial charge is 0.345 e. The first-order valence-electron chi connectivity index (χ1n) is 11.9. The molecule has 0 bridgehead atoms. The number of nitrogens with zero attached hydrogens (tertiary/aromatic N) is 5. The van der Waals surface area contributed by atoms with Crippen molar-refractivity contribution in [3.8, 4) is 0 Å². The highest BCUT2D eigenvalue weighted by atomic mass is 32.2. The molecule has 8 nitrogen and oxygen atoms in total. The van der Waals surface area contributed by atoms with E-state index in [1.807, 2.05) is 48.7 Å². The van der Waals surface area contributed by atoms with E-state index in [9.17, 15) is 14.0 Å². The van der Waals surface area contributed by atoms with E-state index in [2.05, 4.69) is 15.5 Å². The maximum Gasteiger partial charge on any atom is 0.254 e. The van der Waals surface area contributed by atoms with Gasteiger partial charge in [-0.05, 0) is 36.1 Å². The van der Waals surface area contributed by atoms with Crippen molar-refractivity contribution >= 4 is 40.6 Å². The summed E-state index contributed by atoms with van der Waals surface area (Å²) in [6.07, 6.45) is 0.649. The van der Waals surface area contributed by atoms with E-state index < -0.39 is 11.7 Å². The molecule has 2 amide bonds. The van der Waals surface area contributed by atoms with Gasteiger partial charge in [0.2, 0.25) is 0 Å². The van der Waals surface area contributed by atoms with Gasteiger partial charge in [-0.1, -0.05) is 59.8 Å². The van der Waals surface area contributed by atoms with Crippen molar-refractivity contribution in [2.24, 2.45) is 12.1 Å². The average Bonchev–Trinajstić information content (AvgIpc) is 3.67. The van der Waals surface area contributed by atoms with Crippen molar-refractivity contribution in [2.75, 3.05) is 5.75 Å². The summed E-state index contributed by atoms with van der Waals surface area (Å²) >= 11 is 2.86. The molecular weight excluding hydrogens is 523 g/mol. The van der Waals surface area contributed by atoms with Gasteiger partial charge in [0.05, 0.1) is 34.5 Å². The lowest BCUT2D eigenvalue weighted by molar-refractivity contribution is -0.130. The predicted molar refractivity (Wildman–Crippen MR) is 146 cm³/mol. The van der Waals surface area contributed by atoms with Gasteiger partial charge >= 0.3 is 0 Å². The highest BCUT2D eigenvalue weighted by molar-refractivity contribution is 7.99. The topological polar surface area (TPSA) is 92.5 Å². The van der Waals surface area contributed by atoms with Gasteiger partial charge in [0, 0.05) is 13.5 Å². The number of hydrogen-bond acceptors (Lipinski definition) is 7. The molecule has 1 aliphatic rings. The second-order valence-electron chi connectivity index (χ2n) is 8.80. The average molecular weight is 549 g/mol. The number of thiophene rings is 1. The van der Waals surface area contributed by atoms with Gasteiger partial charge in [-0.25, -0.2) is 9.40 Å². The van der Waals surface area contributed by atoms with Crippen LogP contribution >= 0.6 is 23.1 Å². The van der Waals surface area contributed by atoms with Crippen molar-refractivity contribution in [3.63, 3.8) is 0 Å². The Labute approximate surface area is 227 Å². The Balaban J connectivity index is 1.25. The summed E-state index contributed by atoms with van der Waals surface area (Å²) in [6, 6.07) is 17.8. The molecule has 38 heavy (non-hydrogen) atoms. The van der Waals surface area contributed by atoms with Crippen LogP contribution in [0, 0.1) is 12.7 Å². The van der Waals surface area contributed by atoms with Gasteiger partial charge in [0.25, 0.3) is 11.8 Å². The number of aromatic nitrogens is 3. The number of hydrazone groups is 1. The highest BCUT2D eigenvalue weighted by Gasteiger charge is 2.33. The van der Waals surface area contributed by atoms with E-state index in [0.29, 0.717) is 17.4 Å². The van der Waals surface area contributed by atoms with Crippen molar-refractivity contribution in [3.05, 3.63) is 99.3 Å². The summed E-state index contributed by atoms with van der Waals surface area (Å²) in [4.78, 5) is 26.7. The Bertz CT molecular complexity index is 1480. The van der Waals surface area contributed by atoms with E-state index in [1.165, 1.54) is 30.0 Å². The molecule has 1 N–H and O–H groups in total. The third-order valence-electron chi connectivity index (χ3n) is 6.21. The number of amides is 2. The molecule has 0 aliphatic carbocycles. The van der Waals surface area contributed by atoms with Gasteiger partial charge in [-0.3, -0.25) is 9.59 Å². The monoisotopic (exact) mass is 548 g/mol. The van der Waals surface area contributed by atoms with Crippen molar-refractivity contribution in [2.45, 2.75) is 31.1 Å². The molecule has 0 fully saturated rings. The first kappa shape index (κ1) is 25.8. The minimum Gasteiger partial charge on any atom is -0.345 e. The molecule has 11 heteroatoms. The van der Waals surface area contributed by atoms with Crippen LogP contribution in [0.25, 0.3) is 0 Å². The standard InChI is InChI=1S/C27H25FN6O2S2/c1-17-9-11-18(12-10-17)22-14-21(23-8-5-13-37-23)32-34(22)25(35)16-38-27-31-30-24(33(27)2)15-29-26(36)19-6-3-4-7-20(19)28/h3-13,22H,14-16H2,1-2H3,(H,29,36)/t22-/m1/s1. The van der Waals surface area contributed by atoms with Crippen LogP contribution in [0.2, 0.25) is 0 Å². The molecule has 3 heterocycles. The Hall–Kier alpha value is -3.83. The fourth-order valence-corrected chi connectivity index (χ4v) is 5.60. The number of carbonyl (C=O) groups excluding carboxylic acids is 2. The lowest BCUT2D eigenvalue weighted by atomic mass is 10.00. The number of thioether (sulfide) groups is 1. The zero-order valence-corrected chi connectivity index (χ0v) is 22.4. The van der Waals surface area contributed by atoms with E-state index in [4.69, 9.17) is 5.10 Å². The molecule has 4 aromatic rings. The van der Waals surface area contributed by atoms with Crippen molar-refractivity contribution in [1.29, 1.82) is 0 Å². The second kappa shape index (κ2) is 11.3. The fraction of sp³-hybridized carbons (Fsp3) is 0.222. The molecular formula is C27H25FN6O2S2. The SMILES string of the molecule is Cc1ccc([C@H]2CC(c3cccs3)=NN2C(=O)CSc2nnc(CNC(=O)c3ccccc3F)n2C)cc1. The molecule has 2 aromatic carbocycles. The number of nitrogens with one attached hydrogen (secondary N) is 1. The normalized spacial score (nSPS) is 15.0. The van der Waals surface area contributed by atoms with Crippen LogP contribution in [-0.4, -0.2) is 43.1 Å². The van der Waals surface area contributed by atoms with Crippen LogP contribution in [0.3, 0.4) is 0 Å². The number of aryl methyl sites for hydroxylation is 1. The number of carbonyl (C=O) groups is 2. The molecule has 194 valence electrons. The van der Waals surface area contributed by atoms with Gasteiger partial charge in [0.15, 0.2) is 11.0 Å². The van der Waals surface area contributed by atoms with Crippen molar-refractivity contribution in [1.82, 2.24) is 25.1 Å². The van der Waals surface area contributed by atoms with Gasteiger partial charge in [0.1, 0.15) is 5.82 Å². The van der Waals surface area contributed by atoms with E-state index in [0.717, 1.165) is 21.7 Å². The molecule has 0 unspecified atom stereocenters. The fourth-order valence-electron chi connectivity index (χ4n) is 4.10. The summed E-state index contributed by atoms with van der Waals surface area (Å²) in [6.45, 7) is 2.10. The van der Waals surface area contributed by atoms with Crippen LogP contribution in [-0.2, 0) is 18.4 Å². The number of rotatable bonds is 8. The highest BCUT2D eigenvalue weighted by Crippen LogP contribution is 2.34. The minimum atomic E-state index is -0.589. The van der Waals surface area contributed by atoms with Gasteiger partial charge in [-0.15, -0.1) is 21.5 Å². The minimum absolute atomic E-state index is 0.0360. The Morgan fingerprint density at radius 1 is 1.11 bits per heavy atom. The molecule has 0 radical (unpaired) electrons. The second-order valence-corrected chi connectivity index (χ2v) is 10.7. The summed E-state index contributed by atoms with van der Waals surface area (Å²) in [5, 5.41) is 19.8. The zero-order valence-electron chi connectivity index (χ0n) is 20.8. The van der Waals surface area contributed by atoms with Crippen LogP contribution in [0.1, 0.15) is 44.6 Å². The first-order chi connectivity index (χ1) is 18.4. The molecule has 0 saturated carbocycles. The lowest BCUT2D eigenvalue weighted by Gasteiger charge is -2.22. The van der Waals surface area contributed by atoms with Crippen LogP contribution in [0.5, 0.6) is 0 Å². The maximum atomic E-state index is 13.9. The van der Waals surface area contributed by atoms with Crippen LogP contribution < -0.4 is 5.32 Å². The van der Waals surface area contributed by atoms with Gasteiger partial charge < -0.3 is 9.88 Å². The smallest absolute Gasteiger partial charge is 0.254 e. The molecule has 5 rings (SSSR count). The predicted octanol–water partition coefficient (Wildman–Crippen LogP) is 4.72. The summed E-state index contributed by atoms with van der Waals surface area (Å²) < 4.78 is 15.6. The Morgan fingerprint density at radius 2 is 1.89 bits per heavy atom. The van der Waals surface area contributed by atoms with E-state index >= 15 is 0 Å². The number of benzene rings is 2. The Morgan fingerprint density at radius 3 is 2.63 bits per heavy atom. The van der Waals surface area contributed by atoms with E-state index in [1.54, 1.807) is 34.0 Å². The number of hydrogen-bond donors (Lipinski definition) is 1. The third kappa shape index (κ3) is 5.53. The maximum absolute atomic E-state index is 13.9. The third-order valence-corrected chi connectivity index (χ3v) is 8.13. The quantitative estimate of drug-likeness (QED) is 0.322. The summed E-state index contributed by atoms with van der Waals surface area (Å²) in [5.74, 6) is -0.651. The van der Waals surface area contributed by atoms with Crippen LogP contribution in [0.4, 0.5) is 4.39 Å². The molecule has 2 aromatic heterocycles. The van der Waals surface area contributed by atoms with Gasteiger partial charge in [-0.2, -0.15) is 5.10 Å².